The molecule has 31 heavy (non-hydrogen) atoms. The van der Waals surface area contributed by atoms with Crippen LogP contribution in [0, 0.1) is 5.92 Å². The number of esters is 1. The molecule has 0 aliphatic carbocycles. The van der Waals surface area contributed by atoms with E-state index in [-0.39, 0.29) is 11.9 Å². The molecule has 162 valence electrons. The molecule has 2 heterocycles. The first-order valence-electron chi connectivity index (χ1n) is 11.2. The lowest BCUT2D eigenvalue weighted by Crippen LogP contribution is -2.49. The van der Waals surface area contributed by atoms with Crippen molar-refractivity contribution in [2.24, 2.45) is 5.92 Å². The number of hydrogen-bond donors (Lipinski definition) is 1. The van der Waals surface area contributed by atoms with E-state index in [0.29, 0.717) is 29.8 Å². The molecule has 0 saturated carbocycles. The van der Waals surface area contributed by atoms with Gasteiger partial charge in [0.15, 0.2) is 0 Å². The molecule has 2 fully saturated rings. The highest BCUT2D eigenvalue weighted by Gasteiger charge is 2.33. The van der Waals surface area contributed by atoms with Gasteiger partial charge in [-0.05, 0) is 74.7 Å². The standard InChI is InChI=1S/C26H30N2O3/c29-25(16-11-20-7-2-1-3-8-20)27-23-14-12-21(13-15-23)26(30)31-19-22-9-6-18-28-17-5-4-10-24(22)28/h1-3,7-8,11-16,22,24H,4-6,9-10,17-19H2,(H,27,29)/b16-11-/t22-,24-/m0/s1. The first-order valence-corrected chi connectivity index (χ1v) is 11.2. The summed E-state index contributed by atoms with van der Waals surface area (Å²) in [5.74, 6) is -0.0729. The molecule has 1 amide bonds. The van der Waals surface area contributed by atoms with Crippen molar-refractivity contribution >= 4 is 23.6 Å². The van der Waals surface area contributed by atoms with Crippen molar-refractivity contribution < 1.29 is 14.3 Å². The lowest BCUT2D eigenvalue weighted by atomic mass is 9.84. The number of hydrogen-bond acceptors (Lipinski definition) is 4. The van der Waals surface area contributed by atoms with Gasteiger partial charge in [-0.25, -0.2) is 4.79 Å². The fourth-order valence-corrected chi connectivity index (χ4v) is 4.65. The molecule has 2 aromatic rings. The predicted octanol–water partition coefficient (Wildman–Crippen LogP) is 4.76. The molecule has 5 nitrogen and oxygen atoms in total. The predicted molar refractivity (Wildman–Crippen MR) is 123 cm³/mol. The number of anilines is 1. The molecule has 2 aliphatic rings. The number of fused-ring (bicyclic) bond motifs is 1. The topological polar surface area (TPSA) is 58.6 Å². The number of nitrogens with one attached hydrogen (secondary N) is 1. The van der Waals surface area contributed by atoms with Gasteiger partial charge < -0.3 is 10.1 Å². The summed E-state index contributed by atoms with van der Waals surface area (Å²) in [6.45, 7) is 2.86. The van der Waals surface area contributed by atoms with E-state index in [4.69, 9.17) is 4.74 Å². The third-order valence-electron chi connectivity index (χ3n) is 6.27. The van der Waals surface area contributed by atoms with Gasteiger partial charge in [-0.15, -0.1) is 0 Å². The summed E-state index contributed by atoms with van der Waals surface area (Å²) in [6, 6.07) is 17.1. The molecule has 2 aliphatic heterocycles. The Hall–Kier alpha value is -2.92. The normalized spacial score (nSPS) is 21.4. The molecule has 0 radical (unpaired) electrons. The second-order valence-electron chi connectivity index (χ2n) is 8.41. The smallest absolute Gasteiger partial charge is 0.338 e. The maximum Gasteiger partial charge on any atom is 0.338 e. The minimum atomic E-state index is -0.296. The summed E-state index contributed by atoms with van der Waals surface area (Å²) in [5.41, 5.74) is 2.11. The van der Waals surface area contributed by atoms with Crippen LogP contribution >= 0.6 is 0 Å². The summed E-state index contributed by atoms with van der Waals surface area (Å²) in [6.07, 6.45) is 9.36. The van der Waals surface area contributed by atoms with Crippen LogP contribution in [0.2, 0.25) is 0 Å². The van der Waals surface area contributed by atoms with E-state index in [0.717, 1.165) is 12.0 Å². The highest BCUT2D eigenvalue weighted by atomic mass is 16.5. The molecular weight excluding hydrogens is 388 g/mol. The lowest BCUT2D eigenvalue weighted by Gasteiger charge is -2.44. The van der Waals surface area contributed by atoms with Crippen LogP contribution in [0.3, 0.4) is 0 Å². The molecule has 0 aromatic heterocycles. The molecule has 0 bridgehead atoms. The van der Waals surface area contributed by atoms with E-state index in [9.17, 15) is 9.59 Å². The number of amides is 1. The summed E-state index contributed by atoms with van der Waals surface area (Å²) in [4.78, 5) is 27.2. The minimum Gasteiger partial charge on any atom is -0.462 e. The summed E-state index contributed by atoms with van der Waals surface area (Å²) < 4.78 is 5.66. The summed E-state index contributed by atoms with van der Waals surface area (Å²) in [7, 11) is 0. The van der Waals surface area contributed by atoms with Crippen molar-refractivity contribution in [2.45, 2.75) is 38.1 Å². The molecular formula is C26H30N2O3. The van der Waals surface area contributed by atoms with E-state index in [2.05, 4.69) is 10.2 Å². The van der Waals surface area contributed by atoms with E-state index < -0.39 is 0 Å². The molecule has 0 spiro atoms. The molecule has 2 aromatic carbocycles. The van der Waals surface area contributed by atoms with Crippen LogP contribution in [0.25, 0.3) is 6.08 Å². The second-order valence-corrected chi connectivity index (χ2v) is 8.41. The Morgan fingerprint density at radius 2 is 1.74 bits per heavy atom. The van der Waals surface area contributed by atoms with E-state index in [1.807, 2.05) is 30.3 Å². The van der Waals surface area contributed by atoms with Gasteiger partial charge in [-0.1, -0.05) is 36.8 Å². The SMILES string of the molecule is O=C(/C=C\c1ccccc1)Nc1ccc(C(=O)OC[C@@H]2CCCN3CCCC[C@@H]23)cc1. The zero-order chi connectivity index (χ0) is 21.5. The first kappa shape index (κ1) is 21.3. The van der Waals surface area contributed by atoms with Crippen molar-refractivity contribution in [3.8, 4) is 0 Å². The van der Waals surface area contributed by atoms with Crippen LogP contribution in [-0.4, -0.2) is 42.5 Å². The summed E-state index contributed by atoms with van der Waals surface area (Å²) in [5, 5.41) is 2.81. The number of piperidine rings is 2. The fourth-order valence-electron chi connectivity index (χ4n) is 4.65. The van der Waals surface area contributed by atoms with Crippen molar-refractivity contribution in [1.29, 1.82) is 0 Å². The second kappa shape index (κ2) is 10.4. The highest BCUT2D eigenvalue weighted by molar-refractivity contribution is 6.02. The minimum absolute atomic E-state index is 0.214. The van der Waals surface area contributed by atoms with Crippen LogP contribution in [0.15, 0.2) is 60.7 Å². The Morgan fingerprint density at radius 3 is 2.55 bits per heavy atom. The highest BCUT2D eigenvalue weighted by Crippen LogP contribution is 2.31. The van der Waals surface area contributed by atoms with Gasteiger partial charge >= 0.3 is 5.97 Å². The first-order chi connectivity index (χ1) is 15.2. The lowest BCUT2D eigenvalue weighted by molar-refractivity contribution is -0.111. The van der Waals surface area contributed by atoms with E-state index in [1.165, 1.54) is 44.8 Å². The number of ether oxygens (including phenoxy) is 1. The van der Waals surface area contributed by atoms with Gasteiger partial charge in [0.05, 0.1) is 12.2 Å². The average molecular weight is 419 g/mol. The number of carbonyl (C=O) groups excluding carboxylic acids is 2. The van der Waals surface area contributed by atoms with E-state index in [1.54, 1.807) is 30.3 Å². The Balaban J connectivity index is 1.27. The number of rotatable bonds is 6. The Labute approximate surface area is 184 Å². The Morgan fingerprint density at radius 1 is 0.968 bits per heavy atom. The number of carbonyl (C=O) groups is 2. The molecule has 1 N–H and O–H groups in total. The van der Waals surface area contributed by atoms with Gasteiger partial charge in [0.2, 0.25) is 5.91 Å². The average Bonchev–Trinajstić information content (AvgIpc) is 2.82. The van der Waals surface area contributed by atoms with Gasteiger partial charge in [0.25, 0.3) is 0 Å². The third-order valence-corrected chi connectivity index (χ3v) is 6.27. The number of benzene rings is 2. The Kier molecular flexibility index (Phi) is 7.15. The quantitative estimate of drug-likeness (QED) is 0.543. The van der Waals surface area contributed by atoms with Crippen LogP contribution in [-0.2, 0) is 9.53 Å². The van der Waals surface area contributed by atoms with Crippen LogP contribution in [0.5, 0.6) is 0 Å². The van der Waals surface area contributed by atoms with Crippen LogP contribution in [0.1, 0.15) is 48.0 Å². The van der Waals surface area contributed by atoms with Gasteiger partial charge in [0.1, 0.15) is 0 Å². The van der Waals surface area contributed by atoms with Crippen molar-refractivity contribution in [3.05, 3.63) is 71.8 Å². The van der Waals surface area contributed by atoms with Crippen LogP contribution < -0.4 is 5.32 Å². The zero-order valence-electron chi connectivity index (χ0n) is 17.8. The molecule has 2 atom stereocenters. The zero-order valence-corrected chi connectivity index (χ0v) is 17.8. The van der Waals surface area contributed by atoms with Gasteiger partial charge in [-0.3, -0.25) is 9.69 Å². The van der Waals surface area contributed by atoms with Crippen molar-refractivity contribution in [1.82, 2.24) is 4.90 Å². The largest absolute Gasteiger partial charge is 0.462 e. The maximum atomic E-state index is 12.5. The molecule has 4 rings (SSSR count). The van der Waals surface area contributed by atoms with Gasteiger partial charge in [0, 0.05) is 23.7 Å². The van der Waals surface area contributed by atoms with Gasteiger partial charge in [-0.2, -0.15) is 0 Å². The van der Waals surface area contributed by atoms with Crippen LogP contribution in [0.4, 0.5) is 5.69 Å². The van der Waals surface area contributed by atoms with Crippen molar-refractivity contribution in [2.75, 3.05) is 25.0 Å². The van der Waals surface area contributed by atoms with E-state index >= 15 is 0 Å². The molecule has 0 unspecified atom stereocenters. The number of nitrogens with zero attached hydrogens (tertiary/aromatic N) is 1. The van der Waals surface area contributed by atoms with Crippen molar-refractivity contribution in [3.63, 3.8) is 0 Å². The summed E-state index contributed by atoms with van der Waals surface area (Å²) >= 11 is 0. The Bertz CT molecular complexity index is 906. The third kappa shape index (κ3) is 5.82. The maximum absolute atomic E-state index is 12.5. The monoisotopic (exact) mass is 418 g/mol. The fraction of sp³-hybridized carbons (Fsp3) is 0.385. The molecule has 2 saturated heterocycles. The molecule has 5 heteroatoms.